The second kappa shape index (κ2) is 6.88. The monoisotopic (exact) mass is 279 g/mol. The van der Waals surface area contributed by atoms with Crippen LogP contribution in [0.3, 0.4) is 0 Å². The molecule has 0 saturated carbocycles. The first-order valence-electron chi connectivity index (χ1n) is 7.39. The minimum absolute atomic E-state index is 0.108. The Balaban J connectivity index is 2.89. The Labute approximate surface area is 122 Å². The topological polar surface area (TPSA) is 75.9 Å². The predicted octanol–water partition coefficient (Wildman–Crippen LogP) is 3.30. The summed E-state index contributed by atoms with van der Waals surface area (Å²) in [5.74, 6) is 8.45. The van der Waals surface area contributed by atoms with Crippen molar-refractivity contribution in [2.45, 2.75) is 65.8 Å². The van der Waals surface area contributed by atoms with Crippen molar-refractivity contribution in [3.63, 3.8) is 0 Å². The number of hydrazine groups is 1. The fourth-order valence-corrected chi connectivity index (χ4v) is 2.01. The molecule has 1 rings (SSSR count). The second-order valence-electron chi connectivity index (χ2n) is 6.65. The van der Waals surface area contributed by atoms with Gasteiger partial charge in [0.15, 0.2) is 0 Å². The Kier molecular flexibility index (Phi) is 5.74. The molecule has 5 heteroatoms. The molecule has 0 aliphatic carbocycles. The molecule has 2 atom stereocenters. The van der Waals surface area contributed by atoms with Gasteiger partial charge in [-0.1, -0.05) is 41.0 Å². The maximum Gasteiger partial charge on any atom is 0.145 e. The Morgan fingerprint density at radius 1 is 1.20 bits per heavy atom. The summed E-state index contributed by atoms with van der Waals surface area (Å²) in [4.78, 5) is 9.03. The second-order valence-corrected chi connectivity index (χ2v) is 6.65. The predicted molar refractivity (Wildman–Crippen MR) is 85.7 cm³/mol. The van der Waals surface area contributed by atoms with E-state index in [1.165, 1.54) is 6.42 Å². The summed E-state index contributed by atoms with van der Waals surface area (Å²) in [5, 5.41) is 3.45. The number of anilines is 2. The molecule has 114 valence electrons. The molecule has 4 N–H and O–H groups in total. The molecule has 2 unspecified atom stereocenters. The molecule has 0 fully saturated rings. The van der Waals surface area contributed by atoms with Crippen molar-refractivity contribution in [3.8, 4) is 0 Å². The van der Waals surface area contributed by atoms with Crippen molar-refractivity contribution in [1.82, 2.24) is 9.97 Å². The highest BCUT2D eigenvalue weighted by atomic mass is 15.3. The van der Waals surface area contributed by atoms with Crippen molar-refractivity contribution in [2.75, 3.05) is 10.7 Å². The van der Waals surface area contributed by atoms with Crippen molar-refractivity contribution in [3.05, 3.63) is 11.9 Å². The van der Waals surface area contributed by atoms with Gasteiger partial charge in [0.25, 0.3) is 0 Å². The fourth-order valence-electron chi connectivity index (χ4n) is 2.01. The van der Waals surface area contributed by atoms with Crippen LogP contribution in [0.4, 0.5) is 11.6 Å². The van der Waals surface area contributed by atoms with Crippen LogP contribution in [0.25, 0.3) is 0 Å². The van der Waals surface area contributed by atoms with Crippen LogP contribution in [-0.4, -0.2) is 16.0 Å². The van der Waals surface area contributed by atoms with Gasteiger partial charge in [-0.15, -0.1) is 0 Å². The van der Waals surface area contributed by atoms with E-state index in [0.717, 1.165) is 18.1 Å². The van der Waals surface area contributed by atoms with E-state index < -0.39 is 0 Å². The van der Waals surface area contributed by atoms with Crippen LogP contribution in [0.5, 0.6) is 0 Å². The lowest BCUT2D eigenvalue weighted by Gasteiger charge is -2.21. The molecule has 5 nitrogen and oxygen atoms in total. The van der Waals surface area contributed by atoms with Crippen molar-refractivity contribution < 1.29 is 0 Å². The maximum atomic E-state index is 5.50. The lowest BCUT2D eigenvalue weighted by molar-refractivity contribution is 0.482. The van der Waals surface area contributed by atoms with Crippen LogP contribution in [0.1, 0.15) is 60.2 Å². The van der Waals surface area contributed by atoms with Crippen molar-refractivity contribution in [2.24, 2.45) is 11.8 Å². The lowest BCUT2D eigenvalue weighted by atomic mass is 9.95. The van der Waals surface area contributed by atoms with Crippen LogP contribution in [-0.2, 0) is 5.41 Å². The summed E-state index contributed by atoms with van der Waals surface area (Å²) >= 11 is 0. The van der Waals surface area contributed by atoms with Gasteiger partial charge in [0.1, 0.15) is 17.5 Å². The molecule has 0 aliphatic heterocycles. The third-order valence-corrected chi connectivity index (χ3v) is 3.39. The minimum Gasteiger partial charge on any atom is -0.367 e. The first kappa shape index (κ1) is 16.7. The summed E-state index contributed by atoms with van der Waals surface area (Å²) in [5.41, 5.74) is 2.51. The Morgan fingerprint density at radius 2 is 1.80 bits per heavy atom. The molecule has 0 saturated heterocycles. The average molecular weight is 279 g/mol. The highest BCUT2D eigenvalue weighted by Gasteiger charge is 2.19. The smallest absolute Gasteiger partial charge is 0.145 e. The van der Waals surface area contributed by atoms with Gasteiger partial charge in [-0.05, 0) is 19.3 Å². The van der Waals surface area contributed by atoms with E-state index in [0.29, 0.717) is 17.8 Å². The zero-order chi connectivity index (χ0) is 15.3. The quantitative estimate of drug-likeness (QED) is 0.550. The standard InChI is InChI=1S/C15H29N5/c1-7-10(2)8-11(3)17-12-9-13(20-16)19-14(18-12)15(4,5)6/h9-11H,7-8,16H2,1-6H3,(H2,17,18,19,20). The number of rotatable bonds is 6. The van der Waals surface area contributed by atoms with E-state index >= 15 is 0 Å². The number of nitrogens with one attached hydrogen (secondary N) is 2. The number of hydrogen-bond acceptors (Lipinski definition) is 5. The Morgan fingerprint density at radius 3 is 2.30 bits per heavy atom. The molecule has 0 bridgehead atoms. The van der Waals surface area contributed by atoms with Crippen molar-refractivity contribution >= 4 is 11.6 Å². The first-order chi connectivity index (χ1) is 9.26. The van der Waals surface area contributed by atoms with Crippen LogP contribution in [0.15, 0.2) is 6.07 Å². The van der Waals surface area contributed by atoms with Gasteiger partial charge in [-0.2, -0.15) is 0 Å². The SMILES string of the molecule is CCC(C)CC(C)Nc1cc(NN)nc(C(C)(C)C)n1. The fraction of sp³-hybridized carbons (Fsp3) is 0.733. The molecular weight excluding hydrogens is 250 g/mol. The zero-order valence-electron chi connectivity index (χ0n) is 13.6. The molecule has 0 amide bonds. The van der Waals surface area contributed by atoms with Crippen molar-refractivity contribution in [1.29, 1.82) is 0 Å². The Hall–Kier alpha value is -1.36. The van der Waals surface area contributed by atoms with E-state index in [1.807, 2.05) is 6.07 Å². The maximum absolute atomic E-state index is 5.50. The molecule has 1 aromatic heterocycles. The number of nitrogens with zero attached hydrogens (tertiary/aromatic N) is 2. The molecule has 0 radical (unpaired) electrons. The average Bonchev–Trinajstić information content (AvgIpc) is 2.36. The highest BCUT2D eigenvalue weighted by Crippen LogP contribution is 2.23. The zero-order valence-corrected chi connectivity index (χ0v) is 13.6. The first-order valence-corrected chi connectivity index (χ1v) is 7.39. The van der Waals surface area contributed by atoms with E-state index in [4.69, 9.17) is 5.84 Å². The molecule has 0 spiro atoms. The summed E-state index contributed by atoms with van der Waals surface area (Å²) in [6.07, 6.45) is 2.31. The third-order valence-electron chi connectivity index (χ3n) is 3.39. The molecular formula is C15H29N5. The molecule has 1 aromatic rings. The summed E-state index contributed by atoms with van der Waals surface area (Å²) in [7, 11) is 0. The minimum atomic E-state index is -0.108. The molecule has 0 aliphatic rings. The third kappa shape index (κ3) is 4.96. The summed E-state index contributed by atoms with van der Waals surface area (Å²) < 4.78 is 0. The van der Waals surface area contributed by atoms with Gasteiger partial charge in [0.05, 0.1) is 0 Å². The van der Waals surface area contributed by atoms with Gasteiger partial charge in [0, 0.05) is 17.5 Å². The number of aromatic nitrogens is 2. The normalized spacial score (nSPS) is 14.8. The van der Waals surface area contributed by atoms with Gasteiger partial charge in [-0.3, -0.25) is 0 Å². The van der Waals surface area contributed by atoms with Gasteiger partial charge in [0.2, 0.25) is 0 Å². The van der Waals surface area contributed by atoms with Gasteiger partial charge >= 0.3 is 0 Å². The Bertz CT molecular complexity index is 425. The number of nitrogen functional groups attached to an aromatic ring is 1. The largest absolute Gasteiger partial charge is 0.367 e. The van der Waals surface area contributed by atoms with E-state index in [-0.39, 0.29) is 5.41 Å². The van der Waals surface area contributed by atoms with E-state index in [9.17, 15) is 0 Å². The van der Waals surface area contributed by atoms with Crippen LogP contribution in [0, 0.1) is 5.92 Å². The molecule has 20 heavy (non-hydrogen) atoms. The van der Waals surface area contributed by atoms with E-state index in [1.54, 1.807) is 0 Å². The summed E-state index contributed by atoms with van der Waals surface area (Å²) in [6, 6.07) is 2.22. The molecule has 1 heterocycles. The highest BCUT2D eigenvalue weighted by molar-refractivity contribution is 5.48. The van der Waals surface area contributed by atoms with Crippen LogP contribution >= 0.6 is 0 Å². The van der Waals surface area contributed by atoms with E-state index in [2.05, 4.69) is 62.3 Å². The molecule has 0 aromatic carbocycles. The van der Waals surface area contributed by atoms with Crippen LogP contribution < -0.4 is 16.6 Å². The van der Waals surface area contributed by atoms with Gasteiger partial charge in [-0.25, -0.2) is 15.8 Å². The van der Waals surface area contributed by atoms with Crippen LogP contribution in [0.2, 0.25) is 0 Å². The number of nitrogens with two attached hydrogens (primary N) is 1. The van der Waals surface area contributed by atoms with Gasteiger partial charge < -0.3 is 10.7 Å². The summed E-state index contributed by atoms with van der Waals surface area (Å²) in [6.45, 7) is 12.9. The number of hydrogen-bond donors (Lipinski definition) is 3. The lowest BCUT2D eigenvalue weighted by Crippen LogP contribution is -2.23.